The Morgan fingerprint density at radius 3 is 2.52 bits per heavy atom. The van der Waals surface area contributed by atoms with E-state index in [4.69, 9.17) is 5.11 Å². The number of nitrogens with zero attached hydrogens (tertiary/aromatic N) is 1. The summed E-state index contributed by atoms with van der Waals surface area (Å²) in [4.78, 5) is 27.3. The highest BCUT2D eigenvalue weighted by molar-refractivity contribution is 7.13. The van der Waals surface area contributed by atoms with Crippen LogP contribution in [0.5, 0.6) is 0 Å². The van der Waals surface area contributed by atoms with Crippen LogP contribution in [0.3, 0.4) is 0 Å². The molecule has 0 radical (unpaired) electrons. The molecule has 0 aliphatic rings. The lowest BCUT2D eigenvalue weighted by Gasteiger charge is -2.16. The summed E-state index contributed by atoms with van der Waals surface area (Å²) in [5.41, 5.74) is -0.612. The minimum Gasteiger partial charge on any atom is -0.480 e. The predicted octanol–water partition coefficient (Wildman–Crippen LogP) is 3.67. The Morgan fingerprint density at radius 1 is 1.28 bits per heavy atom. The van der Waals surface area contributed by atoms with Gasteiger partial charge in [0.1, 0.15) is 16.7 Å². The van der Waals surface area contributed by atoms with Gasteiger partial charge in [-0.2, -0.15) is 13.2 Å². The molecule has 0 bridgehead atoms. The first-order chi connectivity index (χ1) is 11.6. The molecule has 134 valence electrons. The van der Waals surface area contributed by atoms with E-state index in [1.54, 1.807) is 13.8 Å². The molecule has 1 amide bonds. The number of benzene rings is 1. The third-order valence-corrected chi connectivity index (χ3v) is 4.28. The van der Waals surface area contributed by atoms with Crippen LogP contribution in [0.2, 0.25) is 0 Å². The highest BCUT2D eigenvalue weighted by Gasteiger charge is 2.31. The Labute approximate surface area is 145 Å². The number of nitrogens with one attached hydrogen (secondary N) is 1. The minimum atomic E-state index is -4.47. The van der Waals surface area contributed by atoms with Gasteiger partial charge >= 0.3 is 12.1 Å². The molecular weight excluding hydrogens is 357 g/mol. The largest absolute Gasteiger partial charge is 0.480 e. The number of alkyl halides is 3. The molecule has 2 rings (SSSR count). The lowest BCUT2D eigenvalue weighted by molar-refractivity contribution is -0.140. The minimum absolute atomic E-state index is 0.0377. The number of aromatic nitrogens is 1. The maximum atomic E-state index is 12.8. The Morgan fingerprint density at radius 2 is 1.96 bits per heavy atom. The summed E-state index contributed by atoms with van der Waals surface area (Å²) >= 11 is 1.01. The molecule has 1 aromatic heterocycles. The Kier molecular flexibility index (Phi) is 5.46. The number of aliphatic carboxylic acids is 1. The average Bonchev–Trinajstić information content (AvgIpc) is 3.01. The molecule has 2 aromatic rings. The van der Waals surface area contributed by atoms with Crippen molar-refractivity contribution in [3.05, 3.63) is 40.9 Å². The van der Waals surface area contributed by atoms with Crippen molar-refractivity contribution in [1.82, 2.24) is 10.3 Å². The fraction of sp³-hybridized carbons (Fsp3) is 0.312. The van der Waals surface area contributed by atoms with E-state index in [0.29, 0.717) is 0 Å². The summed E-state index contributed by atoms with van der Waals surface area (Å²) in [5.74, 6) is -2.18. The molecule has 0 aliphatic heterocycles. The van der Waals surface area contributed by atoms with Gasteiger partial charge in [0.05, 0.1) is 5.56 Å². The maximum Gasteiger partial charge on any atom is 0.416 e. The van der Waals surface area contributed by atoms with Crippen molar-refractivity contribution in [2.24, 2.45) is 5.92 Å². The van der Waals surface area contributed by atoms with Crippen molar-refractivity contribution in [3.63, 3.8) is 0 Å². The average molecular weight is 372 g/mol. The van der Waals surface area contributed by atoms with Crippen LogP contribution in [0.4, 0.5) is 13.2 Å². The molecule has 1 heterocycles. The predicted molar refractivity (Wildman–Crippen MR) is 86.3 cm³/mol. The summed E-state index contributed by atoms with van der Waals surface area (Å²) in [6.07, 6.45) is -4.47. The van der Waals surface area contributed by atoms with Crippen molar-refractivity contribution in [1.29, 1.82) is 0 Å². The van der Waals surface area contributed by atoms with Gasteiger partial charge in [0.25, 0.3) is 5.91 Å². The first-order valence-corrected chi connectivity index (χ1v) is 8.14. The summed E-state index contributed by atoms with van der Waals surface area (Å²) in [5, 5.41) is 13.1. The lowest BCUT2D eigenvalue weighted by atomic mass is 10.0. The molecule has 1 unspecified atom stereocenters. The Balaban J connectivity index is 2.23. The number of carbonyl (C=O) groups is 2. The number of hydrogen-bond donors (Lipinski definition) is 2. The van der Waals surface area contributed by atoms with E-state index in [9.17, 15) is 22.8 Å². The van der Waals surface area contributed by atoms with Crippen LogP contribution >= 0.6 is 11.3 Å². The number of carbonyl (C=O) groups excluding carboxylic acids is 1. The molecule has 1 atom stereocenters. The number of hydrogen-bond acceptors (Lipinski definition) is 4. The van der Waals surface area contributed by atoms with E-state index in [-0.39, 0.29) is 22.2 Å². The highest BCUT2D eigenvalue weighted by atomic mass is 32.1. The number of amides is 1. The zero-order valence-electron chi connectivity index (χ0n) is 13.3. The van der Waals surface area contributed by atoms with Crippen LogP contribution in [0, 0.1) is 5.92 Å². The van der Waals surface area contributed by atoms with Crippen molar-refractivity contribution in [3.8, 4) is 10.6 Å². The van der Waals surface area contributed by atoms with Crippen LogP contribution < -0.4 is 5.32 Å². The molecule has 0 saturated carbocycles. The van der Waals surface area contributed by atoms with Gasteiger partial charge in [-0.3, -0.25) is 4.79 Å². The molecule has 0 aliphatic carbocycles. The second kappa shape index (κ2) is 7.22. The summed E-state index contributed by atoms with van der Waals surface area (Å²) < 4.78 is 38.3. The van der Waals surface area contributed by atoms with E-state index in [1.807, 2.05) is 0 Å². The Bertz CT molecular complexity index is 787. The summed E-state index contributed by atoms with van der Waals surface area (Å²) in [6, 6.07) is 3.55. The van der Waals surface area contributed by atoms with Gasteiger partial charge in [-0.25, -0.2) is 9.78 Å². The maximum absolute atomic E-state index is 12.8. The van der Waals surface area contributed by atoms with Crippen molar-refractivity contribution in [2.75, 3.05) is 0 Å². The molecule has 0 saturated heterocycles. The second-order valence-corrected chi connectivity index (χ2v) is 6.51. The quantitative estimate of drug-likeness (QED) is 0.839. The molecule has 25 heavy (non-hydrogen) atoms. The summed E-state index contributed by atoms with van der Waals surface area (Å²) in [6.45, 7) is 3.29. The van der Waals surface area contributed by atoms with Gasteiger partial charge in [0.2, 0.25) is 0 Å². The van der Waals surface area contributed by atoms with E-state index in [2.05, 4.69) is 10.3 Å². The standard InChI is InChI=1S/C16H15F3N2O3S/c1-8(2)12(15(23)24)21-13(22)11-7-25-14(20-11)9-4-3-5-10(6-9)16(17,18)19/h3-8,12H,1-2H3,(H,21,22)(H,23,24). The van der Waals surface area contributed by atoms with Crippen molar-refractivity contribution < 1.29 is 27.9 Å². The zero-order valence-corrected chi connectivity index (χ0v) is 14.1. The molecular formula is C16H15F3N2O3S. The van der Waals surface area contributed by atoms with Gasteiger partial charge in [0.15, 0.2) is 0 Å². The number of carboxylic acids is 1. The lowest BCUT2D eigenvalue weighted by Crippen LogP contribution is -2.44. The van der Waals surface area contributed by atoms with E-state index in [1.165, 1.54) is 17.5 Å². The smallest absolute Gasteiger partial charge is 0.416 e. The van der Waals surface area contributed by atoms with Crippen molar-refractivity contribution >= 4 is 23.2 Å². The fourth-order valence-corrected chi connectivity index (χ4v) is 2.87. The van der Waals surface area contributed by atoms with E-state index in [0.717, 1.165) is 23.5 Å². The molecule has 5 nitrogen and oxygen atoms in total. The second-order valence-electron chi connectivity index (χ2n) is 5.65. The molecule has 1 aromatic carbocycles. The number of carboxylic acid groups (broad SMARTS) is 1. The Hall–Kier alpha value is -2.42. The molecule has 9 heteroatoms. The van der Waals surface area contributed by atoms with Gasteiger partial charge in [0, 0.05) is 10.9 Å². The first-order valence-electron chi connectivity index (χ1n) is 7.26. The molecule has 0 fully saturated rings. The highest BCUT2D eigenvalue weighted by Crippen LogP contribution is 2.33. The van der Waals surface area contributed by atoms with Crippen LogP contribution in [-0.4, -0.2) is 28.0 Å². The normalized spacial score (nSPS) is 12.9. The van der Waals surface area contributed by atoms with Crippen LogP contribution in [-0.2, 0) is 11.0 Å². The topological polar surface area (TPSA) is 79.3 Å². The zero-order chi connectivity index (χ0) is 18.8. The monoisotopic (exact) mass is 372 g/mol. The van der Waals surface area contributed by atoms with E-state index < -0.39 is 29.7 Å². The SMILES string of the molecule is CC(C)C(NC(=O)c1csc(-c2cccc(C(F)(F)F)c2)n1)C(=O)O. The van der Waals surface area contributed by atoms with E-state index >= 15 is 0 Å². The first kappa shape index (κ1) is 18.9. The fourth-order valence-electron chi connectivity index (χ4n) is 2.07. The van der Waals surface area contributed by atoms with Crippen LogP contribution in [0.1, 0.15) is 29.9 Å². The third-order valence-electron chi connectivity index (χ3n) is 3.39. The number of halogens is 3. The van der Waals surface area contributed by atoms with Gasteiger partial charge in [-0.05, 0) is 18.1 Å². The van der Waals surface area contributed by atoms with Gasteiger partial charge in [-0.1, -0.05) is 26.0 Å². The third kappa shape index (κ3) is 4.56. The van der Waals surface area contributed by atoms with Gasteiger partial charge in [-0.15, -0.1) is 11.3 Å². The molecule has 2 N–H and O–H groups in total. The molecule has 0 spiro atoms. The van der Waals surface area contributed by atoms with Gasteiger partial charge < -0.3 is 10.4 Å². The van der Waals surface area contributed by atoms with Crippen LogP contribution in [0.15, 0.2) is 29.6 Å². The number of thiazole rings is 1. The summed E-state index contributed by atoms with van der Waals surface area (Å²) in [7, 11) is 0. The van der Waals surface area contributed by atoms with Crippen molar-refractivity contribution in [2.45, 2.75) is 26.1 Å². The van der Waals surface area contributed by atoms with Crippen LogP contribution in [0.25, 0.3) is 10.6 Å². The number of rotatable bonds is 5.